The molecule has 1 atom stereocenters. The standard InChI is InChI=1S/C18H21N5O2/c1-22-6-7-23-18(22)15(11-20-23)17(25)21-16(12-8-14(24)9-12)10-13-4-2-3-5-19-13/h2-7,11-12,14,16,24H,8-10H2,1H3,(H,21,25). The number of nitrogens with zero attached hydrogens (tertiary/aromatic N) is 4. The predicted molar refractivity (Wildman–Crippen MR) is 92.1 cm³/mol. The van der Waals surface area contributed by atoms with Gasteiger partial charge in [-0.25, -0.2) is 4.52 Å². The van der Waals surface area contributed by atoms with Gasteiger partial charge in [0.1, 0.15) is 11.2 Å². The van der Waals surface area contributed by atoms with Gasteiger partial charge >= 0.3 is 0 Å². The molecular weight excluding hydrogens is 318 g/mol. The number of imidazole rings is 1. The van der Waals surface area contributed by atoms with Crippen molar-refractivity contribution in [2.24, 2.45) is 13.0 Å². The highest BCUT2D eigenvalue weighted by Crippen LogP contribution is 2.31. The van der Waals surface area contributed by atoms with E-state index in [0.717, 1.165) is 11.3 Å². The highest BCUT2D eigenvalue weighted by molar-refractivity contribution is 6.00. The van der Waals surface area contributed by atoms with Gasteiger partial charge in [-0.15, -0.1) is 0 Å². The molecule has 25 heavy (non-hydrogen) atoms. The van der Waals surface area contributed by atoms with Crippen LogP contribution in [0.15, 0.2) is 43.0 Å². The molecule has 0 spiro atoms. The third kappa shape index (κ3) is 3.02. The average Bonchev–Trinajstić information content (AvgIpc) is 3.16. The molecule has 0 aliphatic heterocycles. The van der Waals surface area contributed by atoms with Crippen molar-refractivity contribution in [3.8, 4) is 0 Å². The van der Waals surface area contributed by atoms with E-state index in [9.17, 15) is 9.90 Å². The molecule has 0 bridgehead atoms. The molecule has 0 saturated heterocycles. The Morgan fingerprint density at radius 1 is 1.40 bits per heavy atom. The SMILES string of the molecule is Cn1ccn2ncc(C(=O)NC(Cc3ccccn3)C3CC(O)C3)c12. The van der Waals surface area contributed by atoms with E-state index in [2.05, 4.69) is 15.4 Å². The smallest absolute Gasteiger partial charge is 0.256 e. The number of aliphatic hydroxyl groups excluding tert-OH is 1. The zero-order valence-corrected chi connectivity index (χ0v) is 14.0. The minimum atomic E-state index is -0.260. The van der Waals surface area contributed by atoms with Crippen LogP contribution in [0.3, 0.4) is 0 Å². The summed E-state index contributed by atoms with van der Waals surface area (Å²) in [7, 11) is 1.89. The van der Waals surface area contributed by atoms with E-state index in [0.29, 0.717) is 24.8 Å². The minimum Gasteiger partial charge on any atom is -0.393 e. The Morgan fingerprint density at radius 3 is 2.96 bits per heavy atom. The average molecular weight is 339 g/mol. The number of aromatic nitrogens is 4. The molecule has 7 nitrogen and oxygen atoms in total. The first-order valence-corrected chi connectivity index (χ1v) is 8.49. The van der Waals surface area contributed by atoms with E-state index in [1.54, 1.807) is 16.9 Å². The Kier molecular flexibility index (Phi) is 4.01. The maximum absolute atomic E-state index is 12.8. The highest BCUT2D eigenvalue weighted by atomic mass is 16.3. The lowest BCUT2D eigenvalue weighted by Crippen LogP contribution is -2.48. The number of amides is 1. The first-order chi connectivity index (χ1) is 12.1. The van der Waals surface area contributed by atoms with E-state index in [1.165, 1.54) is 0 Å². The van der Waals surface area contributed by atoms with Gasteiger partial charge < -0.3 is 15.0 Å². The van der Waals surface area contributed by atoms with Gasteiger partial charge in [0.25, 0.3) is 5.91 Å². The van der Waals surface area contributed by atoms with Crippen LogP contribution in [0.25, 0.3) is 5.65 Å². The maximum Gasteiger partial charge on any atom is 0.256 e. The molecule has 1 saturated carbocycles. The van der Waals surface area contributed by atoms with Crippen LogP contribution in [-0.4, -0.2) is 42.3 Å². The molecule has 4 rings (SSSR count). The van der Waals surface area contributed by atoms with Crippen molar-refractivity contribution in [3.05, 3.63) is 54.2 Å². The lowest BCUT2D eigenvalue weighted by molar-refractivity contribution is 0.0238. The molecule has 1 aliphatic rings. The molecule has 0 aromatic carbocycles. The Hall–Kier alpha value is -2.67. The number of fused-ring (bicyclic) bond motifs is 1. The number of aliphatic hydroxyl groups is 1. The summed E-state index contributed by atoms with van der Waals surface area (Å²) in [5.41, 5.74) is 2.26. The van der Waals surface area contributed by atoms with E-state index < -0.39 is 0 Å². The van der Waals surface area contributed by atoms with Gasteiger partial charge in [-0.3, -0.25) is 9.78 Å². The topological polar surface area (TPSA) is 84.5 Å². The number of aryl methyl sites for hydroxylation is 1. The van der Waals surface area contributed by atoms with Crippen LogP contribution in [-0.2, 0) is 13.5 Å². The van der Waals surface area contributed by atoms with Gasteiger partial charge in [-0.1, -0.05) is 6.07 Å². The fourth-order valence-corrected chi connectivity index (χ4v) is 3.49. The number of rotatable bonds is 5. The summed E-state index contributed by atoms with van der Waals surface area (Å²) in [6.45, 7) is 0. The van der Waals surface area contributed by atoms with Crippen molar-refractivity contribution in [2.45, 2.75) is 31.4 Å². The van der Waals surface area contributed by atoms with E-state index >= 15 is 0 Å². The summed E-state index contributed by atoms with van der Waals surface area (Å²) in [6.07, 6.45) is 8.86. The van der Waals surface area contributed by atoms with E-state index in [4.69, 9.17) is 0 Å². The van der Waals surface area contributed by atoms with Gasteiger partial charge in [0.05, 0.1) is 12.3 Å². The fraction of sp³-hybridized carbons (Fsp3) is 0.389. The zero-order valence-electron chi connectivity index (χ0n) is 14.0. The summed E-state index contributed by atoms with van der Waals surface area (Å²) in [4.78, 5) is 17.2. The molecule has 3 heterocycles. The normalized spacial score (nSPS) is 21.0. The number of hydrogen-bond donors (Lipinski definition) is 2. The Morgan fingerprint density at radius 2 is 2.24 bits per heavy atom. The molecular formula is C18H21N5O2. The summed E-state index contributed by atoms with van der Waals surface area (Å²) < 4.78 is 3.57. The summed E-state index contributed by atoms with van der Waals surface area (Å²) >= 11 is 0. The van der Waals surface area contributed by atoms with Crippen LogP contribution < -0.4 is 5.32 Å². The largest absolute Gasteiger partial charge is 0.393 e. The second kappa shape index (κ2) is 6.33. The van der Waals surface area contributed by atoms with Crippen molar-refractivity contribution in [1.29, 1.82) is 0 Å². The molecule has 1 aliphatic carbocycles. The third-order valence-electron chi connectivity index (χ3n) is 4.97. The summed E-state index contributed by atoms with van der Waals surface area (Å²) in [6, 6.07) is 5.73. The molecule has 1 fully saturated rings. The monoisotopic (exact) mass is 339 g/mol. The summed E-state index contributed by atoms with van der Waals surface area (Å²) in [5.74, 6) is 0.125. The quantitative estimate of drug-likeness (QED) is 0.731. The molecule has 0 radical (unpaired) electrons. The van der Waals surface area contributed by atoms with Crippen molar-refractivity contribution < 1.29 is 9.90 Å². The number of carbonyl (C=O) groups excluding carboxylic acids is 1. The lowest BCUT2D eigenvalue weighted by Gasteiger charge is -2.38. The van der Waals surface area contributed by atoms with E-state index in [-0.39, 0.29) is 24.0 Å². The maximum atomic E-state index is 12.8. The van der Waals surface area contributed by atoms with Gasteiger partial charge in [0, 0.05) is 43.8 Å². The van der Waals surface area contributed by atoms with Crippen molar-refractivity contribution in [3.63, 3.8) is 0 Å². The molecule has 130 valence electrons. The van der Waals surface area contributed by atoms with Gasteiger partial charge in [0.2, 0.25) is 0 Å². The van der Waals surface area contributed by atoms with Crippen molar-refractivity contribution in [2.75, 3.05) is 0 Å². The molecule has 1 amide bonds. The van der Waals surface area contributed by atoms with Crippen LogP contribution in [0.5, 0.6) is 0 Å². The molecule has 1 unspecified atom stereocenters. The minimum absolute atomic E-state index is 0.0546. The zero-order chi connectivity index (χ0) is 17.4. The van der Waals surface area contributed by atoms with Crippen molar-refractivity contribution in [1.82, 2.24) is 24.5 Å². The highest BCUT2D eigenvalue weighted by Gasteiger charge is 2.35. The number of nitrogens with one attached hydrogen (secondary N) is 1. The molecule has 7 heteroatoms. The van der Waals surface area contributed by atoms with Crippen LogP contribution in [0.4, 0.5) is 0 Å². The van der Waals surface area contributed by atoms with Crippen LogP contribution in [0.2, 0.25) is 0 Å². The number of pyridine rings is 1. The molecule has 3 aromatic rings. The fourth-order valence-electron chi connectivity index (χ4n) is 3.49. The van der Waals surface area contributed by atoms with Gasteiger partial charge in [0.15, 0.2) is 0 Å². The Balaban J connectivity index is 1.55. The third-order valence-corrected chi connectivity index (χ3v) is 4.97. The van der Waals surface area contributed by atoms with Crippen LogP contribution >= 0.6 is 0 Å². The molecule has 3 aromatic heterocycles. The second-order valence-corrected chi connectivity index (χ2v) is 6.73. The van der Waals surface area contributed by atoms with Crippen LogP contribution in [0, 0.1) is 5.92 Å². The Labute approximate surface area is 145 Å². The second-order valence-electron chi connectivity index (χ2n) is 6.73. The predicted octanol–water partition coefficient (Wildman–Crippen LogP) is 1.18. The first-order valence-electron chi connectivity index (χ1n) is 8.49. The lowest BCUT2D eigenvalue weighted by atomic mass is 9.76. The van der Waals surface area contributed by atoms with Gasteiger partial charge in [-0.05, 0) is 30.9 Å². The van der Waals surface area contributed by atoms with Crippen molar-refractivity contribution >= 4 is 11.6 Å². The van der Waals surface area contributed by atoms with Crippen LogP contribution in [0.1, 0.15) is 28.9 Å². The van der Waals surface area contributed by atoms with E-state index in [1.807, 2.05) is 42.2 Å². The Bertz CT molecular complexity index is 879. The van der Waals surface area contributed by atoms with Gasteiger partial charge in [-0.2, -0.15) is 5.10 Å². The molecule has 2 N–H and O–H groups in total. The number of carbonyl (C=O) groups is 1. The number of hydrogen-bond acceptors (Lipinski definition) is 4. The first kappa shape index (κ1) is 15.8. The summed E-state index contributed by atoms with van der Waals surface area (Å²) in [5, 5.41) is 17.0.